The molecule has 0 saturated carbocycles. The first-order chi connectivity index (χ1) is 9.76. The third-order valence-corrected chi connectivity index (χ3v) is 3.58. The lowest BCUT2D eigenvalue weighted by molar-refractivity contribution is -0.111. The summed E-state index contributed by atoms with van der Waals surface area (Å²) in [5.74, 6) is 0.0986. The van der Waals surface area contributed by atoms with Crippen molar-refractivity contribution in [3.63, 3.8) is 0 Å². The fourth-order valence-electron chi connectivity index (χ4n) is 2.07. The second kappa shape index (κ2) is 6.22. The third-order valence-electron chi connectivity index (χ3n) is 3.10. The van der Waals surface area contributed by atoms with Crippen LogP contribution in [0.5, 0.6) is 0 Å². The zero-order valence-corrected chi connectivity index (χ0v) is 11.8. The van der Waals surface area contributed by atoms with E-state index in [-0.39, 0.29) is 18.8 Å². The highest BCUT2D eigenvalue weighted by molar-refractivity contribution is 7.46. The van der Waals surface area contributed by atoms with Gasteiger partial charge in [-0.25, -0.2) is 9.36 Å². The van der Waals surface area contributed by atoms with Gasteiger partial charge in [-0.1, -0.05) is 0 Å². The standard InChI is InChI=1S/C10H16N3O7P/c11-9-1-2-13(10(15)12-9)6-3-7(14)8(19-4-6)5-20-21(16,17)18/h1-2,6-8,14H,3-5H2,(H2,11,12,15)(H2,16,17,18)/t6-,7-,8+/m0/s1. The molecular weight excluding hydrogens is 305 g/mol. The van der Waals surface area contributed by atoms with Crippen LogP contribution >= 0.6 is 7.82 Å². The van der Waals surface area contributed by atoms with Crippen LogP contribution in [0.25, 0.3) is 0 Å². The lowest BCUT2D eigenvalue weighted by atomic mass is 10.0. The van der Waals surface area contributed by atoms with Crippen molar-refractivity contribution in [2.75, 3.05) is 18.9 Å². The molecule has 0 aliphatic carbocycles. The largest absolute Gasteiger partial charge is 0.469 e. The lowest BCUT2D eigenvalue weighted by Crippen LogP contribution is -2.44. The number of anilines is 1. The Kier molecular flexibility index (Phi) is 4.77. The van der Waals surface area contributed by atoms with Gasteiger partial charge in [0, 0.05) is 6.20 Å². The summed E-state index contributed by atoms with van der Waals surface area (Å²) in [5, 5.41) is 9.92. The molecule has 0 spiro atoms. The molecule has 21 heavy (non-hydrogen) atoms. The second-order valence-electron chi connectivity index (χ2n) is 4.66. The van der Waals surface area contributed by atoms with Gasteiger partial charge in [-0.3, -0.25) is 9.09 Å². The Labute approximate surface area is 119 Å². The maximum absolute atomic E-state index is 11.7. The first-order valence-corrected chi connectivity index (χ1v) is 7.64. The Balaban J connectivity index is 2.00. The minimum absolute atomic E-state index is 0.0811. The number of aromatic nitrogens is 2. The molecule has 1 fully saturated rings. The molecule has 0 bridgehead atoms. The summed E-state index contributed by atoms with van der Waals surface area (Å²) in [4.78, 5) is 32.5. The highest BCUT2D eigenvalue weighted by atomic mass is 31.2. The van der Waals surface area contributed by atoms with Crippen LogP contribution in [0.2, 0.25) is 0 Å². The molecule has 3 atom stereocenters. The Hall–Kier alpha value is -1.29. The van der Waals surface area contributed by atoms with Crippen LogP contribution in [0, 0.1) is 0 Å². The van der Waals surface area contributed by atoms with Crippen molar-refractivity contribution in [2.24, 2.45) is 0 Å². The number of rotatable bonds is 4. The van der Waals surface area contributed by atoms with Crippen molar-refractivity contribution in [1.29, 1.82) is 0 Å². The molecular formula is C10H16N3O7P. The number of hydrogen-bond acceptors (Lipinski definition) is 7. The number of hydrogen-bond donors (Lipinski definition) is 4. The summed E-state index contributed by atoms with van der Waals surface area (Å²) < 4.78 is 21.5. The van der Waals surface area contributed by atoms with E-state index in [0.717, 1.165) is 0 Å². The fourth-order valence-corrected chi connectivity index (χ4v) is 2.41. The number of nitrogen functional groups attached to an aromatic ring is 1. The molecule has 10 nitrogen and oxygen atoms in total. The molecule has 118 valence electrons. The molecule has 1 saturated heterocycles. The molecule has 2 rings (SSSR count). The number of nitrogens with two attached hydrogens (primary N) is 1. The Morgan fingerprint density at radius 1 is 1.57 bits per heavy atom. The third kappa shape index (κ3) is 4.34. The number of ether oxygens (including phenoxy) is 1. The molecule has 1 aliphatic heterocycles. The molecule has 0 aromatic carbocycles. The predicted molar refractivity (Wildman–Crippen MR) is 70.3 cm³/mol. The Morgan fingerprint density at radius 2 is 2.29 bits per heavy atom. The molecule has 11 heteroatoms. The van der Waals surface area contributed by atoms with E-state index in [1.54, 1.807) is 0 Å². The molecule has 2 heterocycles. The van der Waals surface area contributed by atoms with Gasteiger partial charge in [0.2, 0.25) is 0 Å². The van der Waals surface area contributed by atoms with Crippen molar-refractivity contribution in [3.8, 4) is 0 Å². The topological polar surface area (TPSA) is 157 Å². The molecule has 0 unspecified atom stereocenters. The van der Waals surface area contributed by atoms with Crippen LogP contribution < -0.4 is 11.4 Å². The normalized spacial score (nSPS) is 26.7. The van der Waals surface area contributed by atoms with E-state index in [2.05, 4.69) is 9.51 Å². The van der Waals surface area contributed by atoms with E-state index < -0.39 is 38.4 Å². The minimum Gasteiger partial charge on any atom is -0.390 e. The van der Waals surface area contributed by atoms with Gasteiger partial charge in [0.1, 0.15) is 11.9 Å². The van der Waals surface area contributed by atoms with Crippen LogP contribution in [-0.2, 0) is 13.8 Å². The first kappa shape index (κ1) is 16.1. The van der Waals surface area contributed by atoms with Gasteiger partial charge in [-0.05, 0) is 12.5 Å². The van der Waals surface area contributed by atoms with Crippen molar-refractivity contribution in [1.82, 2.24) is 9.55 Å². The zero-order valence-electron chi connectivity index (χ0n) is 10.9. The molecule has 0 radical (unpaired) electrons. The fraction of sp³-hybridized carbons (Fsp3) is 0.600. The molecule has 1 aromatic heterocycles. The maximum Gasteiger partial charge on any atom is 0.469 e. The molecule has 5 N–H and O–H groups in total. The van der Waals surface area contributed by atoms with Crippen LogP contribution in [0.1, 0.15) is 12.5 Å². The van der Waals surface area contributed by atoms with Crippen molar-refractivity contribution < 1.29 is 28.7 Å². The van der Waals surface area contributed by atoms with E-state index >= 15 is 0 Å². The van der Waals surface area contributed by atoms with Crippen molar-refractivity contribution >= 4 is 13.6 Å². The van der Waals surface area contributed by atoms with Crippen molar-refractivity contribution in [2.45, 2.75) is 24.7 Å². The van der Waals surface area contributed by atoms with Gasteiger partial charge >= 0.3 is 13.5 Å². The van der Waals surface area contributed by atoms with Crippen LogP contribution in [0.3, 0.4) is 0 Å². The van der Waals surface area contributed by atoms with Gasteiger partial charge in [0.25, 0.3) is 0 Å². The highest BCUT2D eigenvalue weighted by Crippen LogP contribution is 2.36. The summed E-state index contributed by atoms with van der Waals surface area (Å²) in [6.45, 7) is -0.356. The van der Waals surface area contributed by atoms with Gasteiger partial charge in [-0.2, -0.15) is 4.98 Å². The van der Waals surface area contributed by atoms with Gasteiger partial charge in [0.05, 0.1) is 25.4 Å². The summed E-state index contributed by atoms with van der Waals surface area (Å²) >= 11 is 0. The van der Waals surface area contributed by atoms with Crippen LogP contribution in [0.15, 0.2) is 17.1 Å². The van der Waals surface area contributed by atoms with E-state index in [4.69, 9.17) is 20.3 Å². The van der Waals surface area contributed by atoms with E-state index in [0.29, 0.717) is 0 Å². The van der Waals surface area contributed by atoms with E-state index in [1.807, 2.05) is 0 Å². The minimum atomic E-state index is -4.62. The molecule has 1 aromatic rings. The van der Waals surface area contributed by atoms with Gasteiger partial charge < -0.3 is 25.4 Å². The summed E-state index contributed by atoms with van der Waals surface area (Å²) in [6, 6.07) is 1.02. The molecule has 1 aliphatic rings. The van der Waals surface area contributed by atoms with Crippen LogP contribution in [0.4, 0.5) is 5.82 Å². The summed E-state index contributed by atoms with van der Waals surface area (Å²) in [7, 11) is -4.62. The predicted octanol–water partition coefficient (Wildman–Crippen LogP) is -1.37. The average Bonchev–Trinajstić information content (AvgIpc) is 2.36. The van der Waals surface area contributed by atoms with Crippen LogP contribution in [-0.4, -0.2) is 49.9 Å². The van der Waals surface area contributed by atoms with E-state index in [9.17, 15) is 14.5 Å². The zero-order chi connectivity index (χ0) is 15.6. The smallest absolute Gasteiger partial charge is 0.390 e. The van der Waals surface area contributed by atoms with Gasteiger partial charge in [0.15, 0.2) is 0 Å². The SMILES string of the molecule is Nc1ccn([C@@H]2CO[C@H](COP(=O)(O)O)[C@@H](O)C2)c(=O)n1. The number of phosphoric acid groups is 1. The summed E-state index contributed by atoms with van der Waals surface area (Å²) in [5.41, 5.74) is 4.84. The number of aliphatic hydroxyl groups excluding tert-OH is 1. The highest BCUT2D eigenvalue weighted by Gasteiger charge is 2.33. The van der Waals surface area contributed by atoms with Crippen molar-refractivity contribution in [3.05, 3.63) is 22.7 Å². The number of nitrogens with zero attached hydrogens (tertiary/aromatic N) is 2. The van der Waals surface area contributed by atoms with Gasteiger partial charge in [-0.15, -0.1) is 0 Å². The Bertz CT molecular complexity index is 601. The first-order valence-electron chi connectivity index (χ1n) is 6.10. The average molecular weight is 321 g/mol. The van der Waals surface area contributed by atoms with E-state index in [1.165, 1.54) is 16.8 Å². The number of aliphatic hydroxyl groups is 1. The quantitative estimate of drug-likeness (QED) is 0.491. The molecule has 0 amide bonds. The monoisotopic (exact) mass is 321 g/mol. The Morgan fingerprint density at radius 3 is 2.86 bits per heavy atom. The second-order valence-corrected chi connectivity index (χ2v) is 5.90. The summed E-state index contributed by atoms with van der Waals surface area (Å²) in [6.07, 6.45) is -0.274. The number of phosphoric ester groups is 1. The maximum atomic E-state index is 11.7. The lowest BCUT2D eigenvalue weighted by Gasteiger charge is -2.33.